The Morgan fingerprint density at radius 2 is 1.75 bits per heavy atom. The van der Waals surface area contributed by atoms with Gasteiger partial charge in [0, 0.05) is 17.5 Å². The largest absolute Gasteiger partial charge is 0.383 e. The van der Waals surface area contributed by atoms with Crippen LogP contribution in [0.15, 0.2) is 18.2 Å². The lowest BCUT2D eigenvalue weighted by Gasteiger charge is -2.19. The molecule has 20 heavy (non-hydrogen) atoms. The van der Waals surface area contributed by atoms with Gasteiger partial charge in [0.25, 0.3) is 0 Å². The molecule has 0 fully saturated rings. The van der Waals surface area contributed by atoms with Crippen molar-refractivity contribution in [1.29, 1.82) is 0 Å². The fourth-order valence-corrected chi connectivity index (χ4v) is 2.84. The Labute approximate surface area is 129 Å². The van der Waals surface area contributed by atoms with Gasteiger partial charge in [-0.2, -0.15) is 0 Å². The van der Waals surface area contributed by atoms with Crippen LogP contribution in [0.25, 0.3) is 11.3 Å². The van der Waals surface area contributed by atoms with Crippen molar-refractivity contribution in [2.75, 3.05) is 5.73 Å². The van der Waals surface area contributed by atoms with E-state index in [-0.39, 0.29) is 5.41 Å². The van der Waals surface area contributed by atoms with Gasteiger partial charge in [0.1, 0.15) is 17.3 Å². The molecule has 1 heterocycles. The number of imidazole rings is 1. The van der Waals surface area contributed by atoms with Gasteiger partial charge in [-0.05, 0) is 19.1 Å². The summed E-state index contributed by atoms with van der Waals surface area (Å²) in [5, 5.41) is 1.12. The van der Waals surface area contributed by atoms with Crippen LogP contribution >= 0.6 is 23.2 Å². The molecule has 2 N–H and O–H groups in total. The third-order valence-electron chi connectivity index (χ3n) is 3.19. The van der Waals surface area contributed by atoms with E-state index < -0.39 is 0 Å². The van der Waals surface area contributed by atoms with Gasteiger partial charge in [0.05, 0.1) is 10.0 Å². The van der Waals surface area contributed by atoms with E-state index in [9.17, 15) is 0 Å². The Hall–Kier alpha value is -1.19. The summed E-state index contributed by atoms with van der Waals surface area (Å²) < 4.78 is 2.01. The predicted molar refractivity (Wildman–Crippen MR) is 86.5 cm³/mol. The average Bonchev–Trinajstić information content (AvgIpc) is 2.66. The minimum atomic E-state index is -0.101. The third kappa shape index (κ3) is 2.52. The van der Waals surface area contributed by atoms with Crippen LogP contribution in [0.4, 0.5) is 5.82 Å². The monoisotopic (exact) mass is 311 g/mol. The van der Waals surface area contributed by atoms with E-state index in [1.165, 1.54) is 0 Å². The lowest BCUT2D eigenvalue weighted by Crippen LogP contribution is -2.19. The predicted octanol–water partition coefficient (Wildman–Crippen LogP) is 4.76. The van der Waals surface area contributed by atoms with Gasteiger partial charge < -0.3 is 10.3 Å². The van der Waals surface area contributed by atoms with Gasteiger partial charge >= 0.3 is 0 Å². The Bertz CT molecular complexity index is 619. The highest BCUT2D eigenvalue weighted by atomic mass is 35.5. The van der Waals surface area contributed by atoms with E-state index in [1.807, 2.05) is 17.6 Å². The lowest BCUT2D eigenvalue weighted by molar-refractivity contribution is 0.509. The van der Waals surface area contributed by atoms with Gasteiger partial charge in [0.15, 0.2) is 0 Å². The number of nitrogen functional groups attached to an aromatic ring is 1. The van der Waals surface area contributed by atoms with Crippen LogP contribution in [0.5, 0.6) is 0 Å². The second-order valence-corrected chi connectivity index (χ2v) is 6.57. The van der Waals surface area contributed by atoms with Crippen molar-refractivity contribution in [3.05, 3.63) is 34.1 Å². The maximum atomic E-state index is 6.27. The maximum absolute atomic E-state index is 6.27. The highest BCUT2D eigenvalue weighted by Crippen LogP contribution is 2.39. The molecule has 5 heteroatoms. The second-order valence-electron chi connectivity index (χ2n) is 5.76. The molecule has 1 aromatic carbocycles. The van der Waals surface area contributed by atoms with Crippen molar-refractivity contribution < 1.29 is 0 Å². The highest BCUT2D eigenvalue weighted by Gasteiger charge is 2.26. The summed E-state index contributed by atoms with van der Waals surface area (Å²) >= 11 is 12.5. The molecular formula is C15H19Cl2N3. The minimum Gasteiger partial charge on any atom is -0.383 e. The summed E-state index contributed by atoms with van der Waals surface area (Å²) in [7, 11) is 0. The molecule has 108 valence electrons. The number of nitrogens with zero attached hydrogens (tertiary/aromatic N) is 2. The number of benzene rings is 1. The zero-order chi connectivity index (χ0) is 15.1. The highest BCUT2D eigenvalue weighted by molar-refractivity contribution is 6.39. The van der Waals surface area contributed by atoms with Gasteiger partial charge in [-0.15, -0.1) is 0 Å². The minimum absolute atomic E-state index is 0.101. The number of halogens is 2. The number of rotatable bonds is 2. The van der Waals surface area contributed by atoms with E-state index in [0.29, 0.717) is 27.1 Å². The fraction of sp³-hybridized carbons (Fsp3) is 0.400. The zero-order valence-corrected chi connectivity index (χ0v) is 13.7. The van der Waals surface area contributed by atoms with Crippen molar-refractivity contribution >= 4 is 29.0 Å². The molecule has 2 aromatic rings. The topological polar surface area (TPSA) is 43.8 Å². The molecule has 0 aliphatic carbocycles. The van der Waals surface area contributed by atoms with Crippen LogP contribution < -0.4 is 5.73 Å². The normalized spacial score (nSPS) is 11.9. The Morgan fingerprint density at radius 3 is 2.15 bits per heavy atom. The van der Waals surface area contributed by atoms with Gasteiger partial charge in [-0.1, -0.05) is 50.0 Å². The smallest absolute Gasteiger partial charge is 0.131 e. The molecule has 1 aromatic heterocycles. The SMILES string of the molecule is CCn1c(C(C)(C)C)nc(-c2c(Cl)cccc2Cl)c1N. The molecule has 3 nitrogen and oxygen atoms in total. The van der Waals surface area contributed by atoms with Crippen molar-refractivity contribution in [3.8, 4) is 11.3 Å². The van der Waals surface area contributed by atoms with Gasteiger partial charge in [-0.3, -0.25) is 0 Å². The van der Waals surface area contributed by atoms with E-state index in [2.05, 4.69) is 20.8 Å². The molecule has 0 bridgehead atoms. The first-order valence-electron chi connectivity index (χ1n) is 6.58. The number of nitrogens with two attached hydrogens (primary N) is 1. The summed E-state index contributed by atoms with van der Waals surface area (Å²) in [5.41, 5.74) is 7.52. The zero-order valence-electron chi connectivity index (χ0n) is 12.2. The van der Waals surface area contributed by atoms with Crippen LogP contribution in [-0.2, 0) is 12.0 Å². The van der Waals surface area contributed by atoms with E-state index in [0.717, 1.165) is 12.4 Å². The average molecular weight is 312 g/mol. The quantitative estimate of drug-likeness (QED) is 0.869. The first-order chi connectivity index (χ1) is 9.27. The van der Waals surface area contributed by atoms with Crippen LogP contribution in [0.3, 0.4) is 0 Å². The van der Waals surface area contributed by atoms with Gasteiger partial charge in [0.2, 0.25) is 0 Å². The molecule has 0 amide bonds. The van der Waals surface area contributed by atoms with Crippen molar-refractivity contribution in [2.45, 2.75) is 39.7 Å². The van der Waals surface area contributed by atoms with E-state index >= 15 is 0 Å². The second kappa shape index (κ2) is 5.30. The molecule has 0 aliphatic heterocycles. The fourth-order valence-electron chi connectivity index (χ4n) is 2.27. The van der Waals surface area contributed by atoms with Gasteiger partial charge in [-0.25, -0.2) is 4.98 Å². The molecule has 0 saturated carbocycles. The number of anilines is 1. The molecule has 2 rings (SSSR count). The Morgan fingerprint density at radius 1 is 1.20 bits per heavy atom. The summed E-state index contributed by atoms with van der Waals surface area (Å²) in [6, 6.07) is 5.40. The van der Waals surface area contributed by atoms with E-state index in [1.54, 1.807) is 12.1 Å². The summed E-state index contributed by atoms with van der Waals surface area (Å²) in [4.78, 5) is 4.71. The van der Waals surface area contributed by atoms with Crippen molar-refractivity contribution in [2.24, 2.45) is 0 Å². The Balaban J connectivity index is 2.74. The van der Waals surface area contributed by atoms with Crippen LogP contribution in [0.1, 0.15) is 33.5 Å². The third-order valence-corrected chi connectivity index (χ3v) is 3.82. The number of aromatic nitrogens is 2. The van der Waals surface area contributed by atoms with E-state index in [4.69, 9.17) is 33.9 Å². The van der Waals surface area contributed by atoms with Crippen LogP contribution in [0.2, 0.25) is 10.0 Å². The van der Waals surface area contributed by atoms with Crippen LogP contribution in [-0.4, -0.2) is 9.55 Å². The molecule has 0 atom stereocenters. The number of hydrogen-bond acceptors (Lipinski definition) is 2. The molecule has 0 spiro atoms. The Kier molecular flexibility index (Phi) is 4.03. The summed E-state index contributed by atoms with van der Waals surface area (Å²) in [6.45, 7) is 9.13. The molecule has 0 aliphatic rings. The number of hydrogen-bond donors (Lipinski definition) is 1. The molecule has 0 radical (unpaired) electrons. The maximum Gasteiger partial charge on any atom is 0.131 e. The first kappa shape index (κ1) is 15.2. The lowest BCUT2D eigenvalue weighted by atomic mass is 9.95. The summed E-state index contributed by atoms with van der Waals surface area (Å²) in [6.07, 6.45) is 0. The molecule has 0 saturated heterocycles. The molecule has 0 unspecified atom stereocenters. The summed E-state index contributed by atoms with van der Waals surface area (Å²) in [5.74, 6) is 1.54. The van der Waals surface area contributed by atoms with Crippen molar-refractivity contribution in [1.82, 2.24) is 9.55 Å². The van der Waals surface area contributed by atoms with Crippen LogP contribution in [0, 0.1) is 0 Å². The molecular weight excluding hydrogens is 293 g/mol. The van der Waals surface area contributed by atoms with Crippen molar-refractivity contribution in [3.63, 3.8) is 0 Å². The first-order valence-corrected chi connectivity index (χ1v) is 7.33. The standard InChI is InChI=1S/C15H19Cl2N3/c1-5-20-13(18)12(19-14(20)15(2,3)4)11-9(16)7-6-8-10(11)17/h6-8H,5,18H2,1-4H3.